The summed E-state index contributed by atoms with van der Waals surface area (Å²) in [6.45, 7) is 7.52. The molecule has 0 saturated heterocycles. The van der Waals surface area contributed by atoms with E-state index >= 15 is 0 Å². The third-order valence-electron chi connectivity index (χ3n) is 4.46. The molecule has 1 heterocycles. The topological polar surface area (TPSA) is 29.9 Å². The summed E-state index contributed by atoms with van der Waals surface area (Å²) in [7, 11) is 1.96. The van der Waals surface area contributed by atoms with Gasteiger partial charge in [-0.3, -0.25) is 4.68 Å². The van der Waals surface area contributed by atoms with Crippen molar-refractivity contribution in [3.05, 3.63) is 51.8 Å². The molecule has 0 spiro atoms. The first-order valence-corrected chi connectivity index (χ1v) is 7.75. The Morgan fingerprint density at radius 1 is 1.43 bits per heavy atom. The van der Waals surface area contributed by atoms with Gasteiger partial charge in [-0.2, -0.15) is 5.10 Å². The highest BCUT2D eigenvalue weighted by atomic mass is 35.5. The van der Waals surface area contributed by atoms with Gasteiger partial charge in [-0.25, -0.2) is 0 Å². The lowest BCUT2D eigenvalue weighted by atomic mass is 9.85. The van der Waals surface area contributed by atoms with Gasteiger partial charge < -0.3 is 5.32 Å². The fourth-order valence-electron chi connectivity index (χ4n) is 3.43. The maximum Gasteiger partial charge on any atom is 0.0638 e. The number of aryl methyl sites for hydroxylation is 2. The van der Waals surface area contributed by atoms with Crippen LogP contribution in [0.4, 0.5) is 0 Å². The Morgan fingerprint density at radius 2 is 2.19 bits per heavy atom. The maximum absolute atomic E-state index is 6.19. The molecular weight excluding hydrogens is 282 g/mol. The summed E-state index contributed by atoms with van der Waals surface area (Å²) in [4.78, 5) is 0. The second-order valence-electron chi connectivity index (χ2n) is 6.74. The van der Waals surface area contributed by atoms with Crippen LogP contribution in [-0.2, 0) is 20.0 Å². The summed E-state index contributed by atoms with van der Waals surface area (Å²) in [5.74, 6) is 0. The molecular formula is C17H22ClN3. The van der Waals surface area contributed by atoms with E-state index in [1.807, 2.05) is 17.8 Å². The van der Waals surface area contributed by atoms with Gasteiger partial charge in [0.05, 0.1) is 5.69 Å². The van der Waals surface area contributed by atoms with Crippen molar-refractivity contribution in [1.29, 1.82) is 0 Å². The molecule has 0 bridgehead atoms. The van der Waals surface area contributed by atoms with Crippen LogP contribution in [0.25, 0.3) is 0 Å². The standard InChI is InChI=1S/C17H22ClN3/c1-11-13(10-21(4)20-11)9-19-16-15-7-14(18)6-5-12(15)8-17(16,2)3/h5-7,10,16,19H,8-9H2,1-4H3. The van der Waals surface area contributed by atoms with Gasteiger partial charge in [0.25, 0.3) is 0 Å². The van der Waals surface area contributed by atoms with E-state index in [4.69, 9.17) is 11.6 Å². The number of nitrogens with zero attached hydrogens (tertiary/aromatic N) is 2. The predicted octanol–water partition coefficient (Wildman–Crippen LogP) is 3.80. The Morgan fingerprint density at radius 3 is 2.86 bits per heavy atom. The zero-order chi connectivity index (χ0) is 15.2. The van der Waals surface area contributed by atoms with E-state index in [9.17, 15) is 0 Å². The van der Waals surface area contributed by atoms with Crippen LogP contribution in [0.3, 0.4) is 0 Å². The SMILES string of the molecule is Cc1nn(C)cc1CNC1c2cc(Cl)ccc2CC1(C)C. The van der Waals surface area contributed by atoms with Gasteiger partial charge in [-0.15, -0.1) is 0 Å². The number of rotatable bonds is 3. The minimum atomic E-state index is 0.198. The number of fused-ring (bicyclic) bond motifs is 1. The number of hydrogen-bond donors (Lipinski definition) is 1. The van der Waals surface area contributed by atoms with Crippen molar-refractivity contribution in [3.8, 4) is 0 Å². The van der Waals surface area contributed by atoms with Crippen molar-refractivity contribution in [3.63, 3.8) is 0 Å². The number of aromatic nitrogens is 2. The monoisotopic (exact) mass is 303 g/mol. The Hall–Kier alpha value is -1.32. The molecule has 1 aliphatic rings. The van der Waals surface area contributed by atoms with Gasteiger partial charge in [-0.05, 0) is 42.0 Å². The predicted molar refractivity (Wildman–Crippen MR) is 86.5 cm³/mol. The van der Waals surface area contributed by atoms with Crippen molar-refractivity contribution in [2.45, 2.75) is 39.8 Å². The maximum atomic E-state index is 6.19. The van der Waals surface area contributed by atoms with Gasteiger partial charge in [0.1, 0.15) is 0 Å². The third kappa shape index (κ3) is 2.72. The average Bonchev–Trinajstić information content (AvgIpc) is 2.82. The number of nitrogens with one attached hydrogen (secondary N) is 1. The van der Waals surface area contributed by atoms with Gasteiger partial charge in [-0.1, -0.05) is 31.5 Å². The van der Waals surface area contributed by atoms with Crippen molar-refractivity contribution in [1.82, 2.24) is 15.1 Å². The van der Waals surface area contributed by atoms with Crippen molar-refractivity contribution in [2.24, 2.45) is 12.5 Å². The average molecular weight is 304 g/mol. The molecule has 0 fully saturated rings. The van der Waals surface area contributed by atoms with Crippen LogP contribution in [0, 0.1) is 12.3 Å². The molecule has 0 radical (unpaired) electrons. The molecule has 0 aliphatic heterocycles. The van der Waals surface area contributed by atoms with E-state index in [2.05, 4.69) is 49.5 Å². The number of halogens is 1. The van der Waals surface area contributed by atoms with Crippen LogP contribution in [0.2, 0.25) is 5.02 Å². The lowest BCUT2D eigenvalue weighted by Gasteiger charge is -2.28. The molecule has 4 heteroatoms. The summed E-state index contributed by atoms with van der Waals surface area (Å²) in [5.41, 5.74) is 5.29. The van der Waals surface area contributed by atoms with Gasteiger partial charge in [0, 0.05) is 36.4 Å². The fraction of sp³-hybridized carbons (Fsp3) is 0.471. The van der Waals surface area contributed by atoms with Crippen LogP contribution >= 0.6 is 11.6 Å². The first kappa shape index (κ1) is 14.6. The van der Waals surface area contributed by atoms with E-state index in [-0.39, 0.29) is 5.41 Å². The summed E-state index contributed by atoms with van der Waals surface area (Å²) in [6, 6.07) is 6.59. The lowest BCUT2D eigenvalue weighted by molar-refractivity contribution is 0.268. The van der Waals surface area contributed by atoms with Crippen LogP contribution in [0.15, 0.2) is 24.4 Å². The van der Waals surface area contributed by atoms with E-state index < -0.39 is 0 Å². The smallest absolute Gasteiger partial charge is 0.0638 e. The van der Waals surface area contributed by atoms with E-state index in [0.717, 1.165) is 23.7 Å². The van der Waals surface area contributed by atoms with Gasteiger partial charge >= 0.3 is 0 Å². The largest absolute Gasteiger partial charge is 0.305 e. The van der Waals surface area contributed by atoms with Gasteiger partial charge in [0.2, 0.25) is 0 Å². The molecule has 1 aromatic heterocycles. The quantitative estimate of drug-likeness (QED) is 0.935. The second kappa shape index (κ2) is 5.15. The number of hydrogen-bond acceptors (Lipinski definition) is 2. The highest BCUT2D eigenvalue weighted by Gasteiger charge is 2.38. The van der Waals surface area contributed by atoms with Crippen molar-refractivity contribution in [2.75, 3.05) is 0 Å². The first-order valence-electron chi connectivity index (χ1n) is 7.37. The first-order chi connectivity index (χ1) is 9.87. The Bertz CT molecular complexity index is 673. The minimum Gasteiger partial charge on any atom is -0.305 e. The molecule has 1 aromatic carbocycles. The molecule has 1 aliphatic carbocycles. The van der Waals surface area contributed by atoms with Crippen molar-refractivity contribution < 1.29 is 0 Å². The molecule has 3 nitrogen and oxygen atoms in total. The summed E-state index contributed by atoms with van der Waals surface area (Å²) < 4.78 is 1.87. The lowest BCUT2D eigenvalue weighted by Crippen LogP contribution is -2.30. The minimum absolute atomic E-state index is 0.198. The highest BCUT2D eigenvalue weighted by Crippen LogP contribution is 2.46. The van der Waals surface area contributed by atoms with Crippen LogP contribution in [0.5, 0.6) is 0 Å². The fourth-order valence-corrected chi connectivity index (χ4v) is 3.61. The molecule has 1 unspecified atom stereocenters. The molecule has 0 amide bonds. The normalized spacial score (nSPS) is 19.8. The van der Waals surface area contributed by atoms with E-state index in [1.165, 1.54) is 16.7 Å². The molecule has 3 rings (SSSR count). The highest BCUT2D eigenvalue weighted by molar-refractivity contribution is 6.30. The van der Waals surface area contributed by atoms with Crippen LogP contribution in [-0.4, -0.2) is 9.78 Å². The molecule has 1 atom stereocenters. The van der Waals surface area contributed by atoms with E-state index in [1.54, 1.807) is 0 Å². The zero-order valence-electron chi connectivity index (χ0n) is 13.1. The molecule has 0 saturated carbocycles. The molecule has 112 valence electrons. The number of benzene rings is 1. The summed E-state index contributed by atoms with van der Waals surface area (Å²) >= 11 is 6.19. The summed E-state index contributed by atoms with van der Waals surface area (Å²) in [5, 5.41) is 8.94. The van der Waals surface area contributed by atoms with E-state index in [0.29, 0.717) is 6.04 Å². The Balaban J connectivity index is 1.84. The Labute approximate surface area is 131 Å². The molecule has 21 heavy (non-hydrogen) atoms. The van der Waals surface area contributed by atoms with Crippen molar-refractivity contribution >= 4 is 11.6 Å². The van der Waals surface area contributed by atoms with Gasteiger partial charge in [0.15, 0.2) is 0 Å². The van der Waals surface area contributed by atoms with Crippen LogP contribution < -0.4 is 5.32 Å². The second-order valence-corrected chi connectivity index (χ2v) is 7.17. The molecule has 2 aromatic rings. The van der Waals surface area contributed by atoms with Crippen LogP contribution in [0.1, 0.15) is 42.3 Å². The third-order valence-corrected chi connectivity index (χ3v) is 4.69. The molecule has 1 N–H and O–H groups in total. The summed E-state index contributed by atoms with van der Waals surface area (Å²) in [6.07, 6.45) is 3.17. The Kier molecular flexibility index (Phi) is 3.58. The zero-order valence-corrected chi connectivity index (χ0v) is 13.8.